The molecule has 0 spiro atoms. The summed E-state index contributed by atoms with van der Waals surface area (Å²) in [5.41, 5.74) is 0.915. The lowest BCUT2D eigenvalue weighted by molar-refractivity contribution is -0.140. The Morgan fingerprint density at radius 3 is 2.11 bits per heavy atom. The van der Waals surface area contributed by atoms with E-state index < -0.39 is 5.97 Å². The van der Waals surface area contributed by atoms with Crippen LogP contribution in [0.3, 0.4) is 0 Å². The van der Waals surface area contributed by atoms with Crippen molar-refractivity contribution in [1.29, 1.82) is 0 Å². The minimum absolute atomic E-state index is 0.0802. The summed E-state index contributed by atoms with van der Waals surface area (Å²) in [7, 11) is 0. The number of hydrogen-bond donors (Lipinski definition) is 0. The highest BCUT2D eigenvalue weighted by Gasteiger charge is 2.09. The van der Waals surface area contributed by atoms with Gasteiger partial charge in [0, 0.05) is 22.5 Å². The zero-order valence-electron chi connectivity index (χ0n) is 19.8. The molecule has 2 rings (SSSR count). The predicted molar refractivity (Wildman–Crippen MR) is 135 cm³/mol. The Kier molecular flexibility index (Phi) is 12.2. The van der Waals surface area contributed by atoms with Crippen molar-refractivity contribution in [2.45, 2.75) is 37.5 Å². The summed E-state index contributed by atoms with van der Waals surface area (Å²) >= 11 is 1.12. The van der Waals surface area contributed by atoms with Crippen molar-refractivity contribution >= 4 is 28.8 Å². The maximum Gasteiger partial charge on any atom is 0.333 e. The van der Waals surface area contributed by atoms with E-state index in [0.29, 0.717) is 35.7 Å². The van der Waals surface area contributed by atoms with Crippen molar-refractivity contribution in [3.63, 3.8) is 0 Å². The van der Waals surface area contributed by atoms with E-state index in [9.17, 15) is 14.4 Å². The predicted octanol–water partition coefficient (Wildman–Crippen LogP) is 5.74. The van der Waals surface area contributed by atoms with E-state index in [1.54, 1.807) is 55.5 Å². The molecule has 8 heteroatoms. The molecule has 0 amide bonds. The van der Waals surface area contributed by atoms with Crippen LogP contribution in [-0.2, 0) is 19.1 Å². The van der Waals surface area contributed by atoms with Crippen LogP contribution < -0.4 is 9.47 Å². The van der Waals surface area contributed by atoms with Gasteiger partial charge in [-0.3, -0.25) is 9.59 Å². The number of rotatable bonds is 15. The molecular formula is C27H30O7S. The maximum absolute atomic E-state index is 12.6. The number of ether oxygens (including phenoxy) is 4. The zero-order chi connectivity index (χ0) is 25.5. The van der Waals surface area contributed by atoms with Gasteiger partial charge in [0.2, 0.25) is 5.12 Å². The van der Waals surface area contributed by atoms with Gasteiger partial charge in [0.15, 0.2) is 0 Å². The molecule has 0 saturated carbocycles. The number of hydrogen-bond acceptors (Lipinski definition) is 8. The molecule has 0 fully saturated rings. The molecule has 2 aromatic carbocycles. The molecule has 0 aliphatic carbocycles. The fourth-order valence-corrected chi connectivity index (χ4v) is 3.50. The lowest BCUT2D eigenvalue weighted by Crippen LogP contribution is -2.12. The van der Waals surface area contributed by atoms with Gasteiger partial charge in [-0.25, -0.2) is 4.79 Å². The number of benzene rings is 2. The van der Waals surface area contributed by atoms with Crippen LogP contribution in [0.5, 0.6) is 11.5 Å². The van der Waals surface area contributed by atoms with Gasteiger partial charge in [-0.05, 0) is 86.5 Å². The first-order valence-corrected chi connectivity index (χ1v) is 12.0. The van der Waals surface area contributed by atoms with E-state index in [0.717, 1.165) is 42.2 Å². The first-order chi connectivity index (χ1) is 16.9. The van der Waals surface area contributed by atoms with Crippen molar-refractivity contribution in [3.05, 3.63) is 79.1 Å². The maximum atomic E-state index is 12.6. The van der Waals surface area contributed by atoms with E-state index in [1.807, 2.05) is 0 Å². The topological polar surface area (TPSA) is 88.1 Å². The lowest BCUT2D eigenvalue weighted by Gasteiger charge is -2.08. The molecule has 0 atom stereocenters. The molecule has 0 unspecified atom stereocenters. The highest BCUT2D eigenvalue weighted by molar-refractivity contribution is 8.14. The molecule has 0 saturated heterocycles. The number of esters is 2. The summed E-state index contributed by atoms with van der Waals surface area (Å²) in [5.74, 6) is 0.583. The van der Waals surface area contributed by atoms with Crippen molar-refractivity contribution < 1.29 is 33.3 Å². The minimum atomic E-state index is -0.446. The summed E-state index contributed by atoms with van der Waals surface area (Å²) < 4.78 is 20.9. The molecule has 2 aromatic rings. The summed E-state index contributed by atoms with van der Waals surface area (Å²) in [4.78, 5) is 35.9. The van der Waals surface area contributed by atoms with Crippen LogP contribution in [0.25, 0.3) is 0 Å². The van der Waals surface area contributed by atoms with Crippen molar-refractivity contribution in [2.24, 2.45) is 0 Å². The molecule has 35 heavy (non-hydrogen) atoms. The van der Waals surface area contributed by atoms with Crippen LogP contribution in [0.1, 0.15) is 43.0 Å². The molecule has 0 aliphatic rings. The summed E-state index contributed by atoms with van der Waals surface area (Å²) in [6, 6.07) is 14.1. The second kappa shape index (κ2) is 15.4. The van der Waals surface area contributed by atoms with Gasteiger partial charge in [-0.15, -0.1) is 0 Å². The molecule has 7 nitrogen and oxygen atoms in total. The number of thioether (sulfide) groups is 1. The molecule has 0 aromatic heterocycles. The Labute approximate surface area is 210 Å². The molecule has 0 radical (unpaired) electrons. The van der Waals surface area contributed by atoms with E-state index >= 15 is 0 Å². The SMILES string of the molecule is C=COC(=O)CCCCCOc1ccc(C(=O)Sc2ccc(OCCOC(=O)C(=C)C)cc2)cc1. The third-order valence-electron chi connectivity index (χ3n) is 4.57. The normalized spacial score (nSPS) is 10.2. The summed E-state index contributed by atoms with van der Waals surface area (Å²) in [6.45, 7) is 9.34. The summed E-state index contributed by atoms with van der Waals surface area (Å²) in [5, 5.41) is -0.0802. The minimum Gasteiger partial charge on any atom is -0.494 e. The van der Waals surface area contributed by atoms with Crippen LogP contribution >= 0.6 is 11.8 Å². The Hall–Kier alpha value is -3.52. The molecule has 186 valence electrons. The van der Waals surface area contributed by atoms with Gasteiger partial charge in [0.1, 0.15) is 24.7 Å². The Bertz CT molecular complexity index is 997. The first-order valence-electron chi connectivity index (χ1n) is 11.2. The van der Waals surface area contributed by atoms with Crippen LogP contribution in [-0.4, -0.2) is 36.9 Å². The Balaban J connectivity index is 1.68. The van der Waals surface area contributed by atoms with E-state index in [-0.39, 0.29) is 24.3 Å². The van der Waals surface area contributed by atoms with Gasteiger partial charge in [0.25, 0.3) is 0 Å². The second-order valence-electron chi connectivity index (χ2n) is 7.47. The molecule has 0 heterocycles. The Morgan fingerprint density at radius 1 is 0.857 bits per heavy atom. The van der Waals surface area contributed by atoms with Gasteiger partial charge in [-0.2, -0.15) is 0 Å². The van der Waals surface area contributed by atoms with Gasteiger partial charge in [-0.1, -0.05) is 13.2 Å². The molecular weight excluding hydrogens is 468 g/mol. The lowest BCUT2D eigenvalue weighted by atomic mass is 10.2. The van der Waals surface area contributed by atoms with E-state index in [1.165, 1.54) is 0 Å². The van der Waals surface area contributed by atoms with Gasteiger partial charge in [0.05, 0.1) is 12.9 Å². The third-order valence-corrected chi connectivity index (χ3v) is 5.50. The van der Waals surface area contributed by atoms with Crippen molar-refractivity contribution in [2.75, 3.05) is 19.8 Å². The first kappa shape index (κ1) is 27.7. The summed E-state index contributed by atoms with van der Waals surface area (Å²) in [6.07, 6.45) is 3.91. The highest BCUT2D eigenvalue weighted by atomic mass is 32.2. The molecule has 0 bridgehead atoms. The number of carbonyl (C=O) groups excluding carboxylic acids is 3. The smallest absolute Gasteiger partial charge is 0.333 e. The quantitative estimate of drug-likeness (QED) is 0.101. The zero-order valence-corrected chi connectivity index (χ0v) is 20.6. The van der Waals surface area contributed by atoms with Gasteiger partial charge >= 0.3 is 11.9 Å². The van der Waals surface area contributed by atoms with Crippen LogP contribution in [0.15, 0.2) is 78.4 Å². The monoisotopic (exact) mass is 498 g/mol. The fraction of sp³-hybridized carbons (Fsp3) is 0.296. The number of unbranched alkanes of at least 4 members (excludes halogenated alkanes) is 2. The van der Waals surface area contributed by atoms with Crippen LogP contribution in [0.2, 0.25) is 0 Å². The Morgan fingerprint density at radius 2 is 1.49 bits per heavy atom. The second-order valence-corrected chi connectivity index (χ2v) is 8.51. The largest absolute Gasteiger partial charge is 0.494 e. The van der Waals surface area contributed by atoms with Crippen molar-refractivity contribution in [1.82, 2.24) is 0 Å². The van der Waals surface area contributed by atoms with Crippen LogP contribution in [0.4, 0.5) is 0 Å². The van der Waals surface area contributed by atoms with Crippen LogP contribution in [0, 0.1) is 0 Å². The van der Waals surface area contributed by atoms with Gasteiger partial charge < -0.3 is 18.9 Å². The third kappa shape index (κ3) is 11.0. The molecule has 0 N–H and O–H groups in total. The molecule has 0 aliphatic heterocycles. The standard InChI is InChI=1S/C27H30O7S/c1-4-31-25(28)8-6-5-7-17-32-22-11-9-21(10-12-22)27(30)35-24-15-13-23(14-16-24)33-18-19-34-26(29)20(2)3/h4,9-16H,1-2,5-8,17-19H2,3H3. The highest BCUT2D eigenvalue weighted by Crippen LogP contribution is 2.26. The average Bonchev–Trinajstić information content (AvgIpc) is 2.85. The van der Waals surface area contributed by atoms with Crippen molar-refractivity contribution in [3.8, 4) is 11.5 Å². The van der Waals surface area contributed by atoms with E-state index in [4.69, 9.17) is 14.2 Å². The number of carbonyl (C=O) groups is 3. The van der Waals surface area contributed by atoms with E-state index in [2.05, 4.69) is 17.9 Å². The average molecular weight is 499 g/mol. The fourth-order valence-electron chi connectivity index (χ4n) is 2.76.